The zero-order chi connectivity index (χ0) is 14.9. The molecular formula is C12H17ClN6O2S. The maximum absolute atomic E-state index is 12.8. The fraction of sp³-hybridized carbons (Fsp3) is 0.417. The van der Waals surface area contributed by atoms with Gasteiger partial charge in [0.15, 0.2) is 5.03 Å². The van der Waals surface area contributed by atoms with Gasteiger partial charge in [0.1, 0.15) is 0 Å². The summed E-state index contributed by atoms with van der Waals surface area (Å²) in [5.41, 5.74) is 0.864. The summed E-state index contributed by atoms with van der Waals surface area (Å²) in [7, 11) is -2.07. The van der Waals surface area contributed by atoms with Gasteiger partial charge < -0.3 is 5.32 Å². The van der Waals surface area contributed by atoms with Crippen molar-refractivity contribution in [2.45, 2.75) is 11.1 Å². The van der Waals surface area contributed by atoms with Crippen molar-refractivity contribution in [3.05, 3.63) is 36.3 Å². The van der Waals surface area contributed by atoms with Crippen molar-refractivity contribution in [2.24, 2.45) is 7.05 Å². The topological polar surface area (TPSA) is 93.0 Å². The van der Waals surface area contributed by atoms with Gasteiger partial charge in [-0.3, -0.25) is 4.98 Å². The van der Waals surface area contributed by atoms with Crippen molar-refractivity contribution >= 4 is 22.4 Å². The minimum absolute atomic E-state index is 0. The Hall–Kier alpha value is -1.55. The van der Waals surface area contributed by atoms with Crippen molar-refractivity contribution in [2.75, 3.05) is 19.6 Å². The highest BCUT2D eigenvalue weighted by atomic mass is 35.5. The van der Waals surface area contributed by atoms with E-state index < -0.39 is 10.0 Å². The van der Waals surface area contributed by atoms with Crippen LogP contribution in [0.3, 0.4) is 0 Å². The maximum Gasteiger partial charge on any atom is 0.262 e. The molecule has 0 saturated carbocycles. The highest BCUT2D eigenvalue weighted by Crippen LogP contribution is 2.27. The van der Waals surface area contributed by atoms with Crippen molar-refractivity contribution in [1.82, 2.24) is 29.6 Å². The van der Waals surface area contributed by atoms with Gasteiger partial charge in [-0.1, -0.05) is 11.3 Å². The summed E-state index contributed by atoms with van der Waals surface area (Å²) >= 11 is 0. The predicted molar refractivity (Wildman–Crippen MR) is 82.0 cm³/mol. The molecule has 22 heavy (non-hydrogen) atoms. The molecule has 1 aliphatic rings. The van der Waals surface area contributed by atoms with E-state index in [4.69, 9.17) is 0 Å². The van der Waals surface area contributed by atoms with Crippen LogP contribution in [0.15, 0.2) is 35.7 Å². The van der Waals surface area contributed by atoms with Gasteiger partial charge >= 0.3 is 0 Å². The molecule has 0 spiro atoms. The second-order valence-electron chi connectivity index (χ2n) is 4.82. The number of hydrogen-bond donors (Lipinski definition) is 1. The number of nitrogens with zero attached hydrogens (tertiary/aromatic N) is 5. The van der Waals surface area contributed by atoms with Crippen LogP contribution in [-0.4, -0.2) is 52.3 Å². The van der Waals surface area contributed by atoms with Gasteiger partial charge in [0, 0.05) is 39.1 Å². The van der Waals surface area contributed by atoms with E-state index in [2.05, 4.69) is 20.6 Å². The Morgan fingerprint density at radius 3 is 2.82 bits per heavy atom. The van der Waals surface area contributed by atoms with E-state index in [0.717, 1.165) is 5.56 Å². The molecular weight excluding hydrogens is 328 g/mol. The van der Waals surface area contributed by atoms with E-state index in [1.54, 1.807) is 25.5 Å². The standard InChI is InChI=1S/C12H16N6O2S.ClH/c1-17-12(9-15-16-17)21(19,20)18-6-5-14-8-11(18)10-3-2-4-13-7-10;/h2-4,7,9,11,14H,5-6,8H2,1H3;1H. The van der Waals surface area contributed by atoms with Crippen LogP contribution in [0.1, 0.15) is 11.6 Å². The van der Waals surface area contributed by atoms with Crippen LogP contribution in [0.4, 0.5) is 0 Å². The molecule has 1 fully saturated rings. The molecule has 1 atom stereocenters. The highest BCUT2D eigenvalue weighted by Gasteiger charge is 2.36. The van der Waals surface area contributed by atoms with Gasteiger partial charge in [-0.2, -0.15) is 4.31 Å². The van der Waals surface area contributed by atoms with Crippen LogP contribution in [-0.2, 0) is 17.1 Å². The van der Waals surface area contributed by atoms with Gasteiger partial charge in [0.2, 0.25) is 0 Å². The van der Waals surface area contributed by atoms with Crippen molar-refractivity contribution in [3.8, 4) is 0 Å². The Morgan fingerprint density at radius 1 is 1.36 bits per heavy atom. The number of aromatic nitrogens is 4. The Bertz CT molecular complexity index is 720. The largest absolute Gasteiger partial charge is 0.313 e. The molecule has 0 bridgehead atoms. The molecule has 2 aromatic rings. The average molecular weight is 345 g/mol. The lowest BCUT2D eigenvalue weighted by Crippen LogP contribution is -2.48. The van der Waals surface area contributed by atoms with Gasteiger partial charge in [0.05, 0.1) is 12.2 Å². The third kappa shape index (κ3) is 2.98. The van der Waals surface area contributed by atoms with Gasteiger partial charge in [0.25, 0.3) is 10.0 Å². The van der Waals surface area contributed by atoms with Crippen molar-refractivity contribution in [3.63, 3.8) is 0 Å². The van der Waals surface area contributed by atoms with E-state index >= 15 is 0 Å². The number of sulfonamides is 1. The number of aryl methyl sites for hydroxylation is 1. The quantitative estimate of drug-likeness (QED) is 0.840. The molecule has 10 heteroatoms. The summed E-state index contributed by atoms with van der Waals surface area (Å²) in [5, 5.41) is 10.7. The highest BCUT2D eigenvalue weighted by molar-refractivity contribution is 7.89. The number of nitrogens with one attached hydrogen (secondary N) is 1. The van der Waals surface area contributed by atoms with Gasteiger partial charge in [-0.05, 0) is 11.6 Å². The van der Waals surface area contributed by atoms with E-state index in [0.29, 0.717) is 19.6 Å². The molecule has 1 aliphatic heterocycles. The molecule has 0 radical (unpaired) electrons. The summed E-state index contributed by atoms with van der Waals surface area (Å²) < 4.78 is 28.4. The van der Waals surface area contributed by atoms with Crippen LogP contribution < -0.4 is 5.32 Å². The monoisotopic (exact) mass is 344 g/mol. The molecule has 2 aromatic heterocycles. The summed E-state index contributed by atoms with van der Waals surface area (Å²) in [6.07, 6.45) is 4.64. The van der Waals surface area contributed by atoms with Gasteiger partial charge in [-0.15, -0.1) is 17.5 Å². The normalized spacial score (nSPS) is 19.6. The second kappa shape index (κ2) is 6.69. The summed E-state index contributed by atoms with van der Waals surface area (Å²) in [6, 6.07) is 3.40. The van der Waals surface area contributed by atoms with Crippen molar-refractivity contribution < 1.29 is 8.42 Å². The number of rotatable bonds is 3. The zero-order valence-electron chi connectivity index (χ0n) is 12.0. The third-order valence-corrected chi connectivity index (χ3v) is 5.46. The minimum Gasteiger partial charge on any atom is -0.313 e. The summed E-state index contributed by atoms with van der Waals surface area (Å²) in [5.74, 6) is 0. The van der Waals surface area contributed by atoms with E-state index in [1.165, 1.54) is 15.2 Å². The van der Waals surface area contributed by atoms with E-state index in [1.807, 2.05) is 6.07 Å². The van der Waals surface area contributed by atoms with Crippen LogP contribution in [0, 0.1) is 0 Å². The minimum atomic E-state index is -3.64. The molecule has 0 amide bonds. The lowest BCUT2D eigenvalue weighted by atomic mass is 10.1. The predicted octanol–water partition coefficient (Wildman–Crippen LogP) is -0.0329. The molecule has 0 aromatic carbocycles. The molecule has 3 rings (SSSR count). The first-order valence-electron chi connectivity index (χ1n) is 6.58. The Morgan fingerprint density at radius 2 is 2.18 bits per heavy atom. The lowest BCUT2D eigenvalue weighted by molar-refractivity contribution is 0.269. The average Bonchev–Trinajstić information content (AvgIpc) is 2.95. The molecule has 0 aliphatic carbocycles. The smallest absolute Gasteiger partial charge is 0.262 e. The third-order valence-electron chi connectivity index (χ3n) is 3.51. The number of pyridine rings is 1. The van der Waals surface area contributed by atoms with Crippen LogP contribution >= 0.6 is 12.4 Å². The summed E-state index contributed by atoms with van der Waals surface area (Å²) in [6.45, 7) is 1.56. The molecule has 3 heterocycles. The van der Waals surface area contributed by atoms with Crippen LogP contribution in [0.5, 0.6) is 0 Å². The van der Waals surface area contributed by atoms with E-state index in [9.17, 15) is 8.42 Å². The van der Waals surface area contributed by atoms with Crippen molar-refractivity contribution in [1.29, 1.82) is 0 Å². The molecule has 8 nitrogen and oxygen atoms in total. The lowest BCUT2D eigenvalue weighted by Gasteiger charge is -2.34. The van der Waals surface area contributed by atoms with Crippen LogP contribution in [0.2, 0.25) is 0 Å². The molecule has 1 unspecified atom stereocenters. The Kier molecular flexibility index (Phi) is 5.12. The zero-order valence-corrected chi connectivity index (χ0v) is 13.6. The van der Waals surface area contributed by atoms with E-state index in [-0.39, 0.29) is 23.5 Å². The van der Waals surface area contributed by atoms with Gasteiger partial charge in [-0.25, -0.2) is 13.1 Å². The summed E-state index contributed by atoms with van der Waals surface area (Å²) in [4.78, 5) is 4.08. The fourth-order valence-corrected chi connectivity index (χ4v) is 4.12. The first-order chi connectivity index (χ1) is 10.1. The second-order valence-corrected chi connectivity index (χ2v) is 6.66. The van der Waals surface area contributed by atoms with Crippen LogP contribution in [0.25, 0.3) is 0 Å². The first kappa shape index (κ1) is 16.8. The molecule has 1 N–H and O–H groups in total. The maximum atomic E-state index is 12.8. The molecule has 1 saturated heterocycles. The first-order valence-corrected chi connectivity index (χ1v) is 8.02. The fourth-order valence-electron chi connectivity index (χ4n) is 2.46. The number of piperazine rings is 1. The Balaban J connectivity index is 0.00000176. The Labute approximate surface area is 135 Å². The number of halogens is 1. The number of hydrogen-bond acceptors (Lipinski definition) is 6. The molecule has 120 valence electrons. The SMILES string of the molecule is Cl.Cn1nncc1S(=O)(=O)N1CCNCC1c1cccnc1.